The Morgan fingerprint density at radius 1 is 0.920 bits per heavy atom. The maximum atomic E-state index is 12.7. The van der Waals surface area contributed by atoms with E-state index >= 15 is 0 Å². The zero-order valence-corrected chi connectivity index (χ0v) is 15.6. The zero-order valence-electron chi connectivity index (χ0n) is 14.8. The molecule has 1 heterocycles. The molecule has 0 saturated carbocycles. The van der Waals surface area contributed by atoms with E-state index in [1.54, 1.807) is 11.8 Å². The number of hydrogen-bond donors (Lipinski definition) is 0. The molecule has 0 bridgehead atoms. The van der Waals surface area contributed by atoms with Crippen LogP contribution in [0, 0.1) is 0 Å². The van der Waals surface area contributed by atoms with Crippen molar-refractivity contribution < 1.29 is 4.79 Å². The summed E-state index contributed by atoms with van der Waals surface area (Å²) in [6.07, 6.45) is 0. The third kappa shape index (κ3) is 5.35. The molecule has 3 nitrogen and oxygen atoms in total. The summed E-state index contributed by atoms with van der Waals surface area (Å²) >= 11 is 1.73. The zero-order chi connectivity index (χ0) is 17.5. The largest absolute Gasteiger partial charge is 0.339 e. The summed E-state index contributed by atoms with van der Waals surface area (Å²) in [6, 6.07) is 20.9. The first-order valence-electron chi connectivity index (χ1n) is 8.93. The maximum absolute atomic E-state index is 12.7. The fourth-order valence-electron chi connectivity index (χ4n) is 3.09. The predicted octanol–water partition coefficient (Wildman–Crippen LogP) is 3.65. The van der Waals surface area contributed by atoms with Crippen molar-refractivity contribution in [2.45, 2.75) is 24.5 Å². The van der Waals surface area contributed by atoms with E-state index in [0.717, 1.165) is 38.5 Å². The number of piperazine rings is 1. The van der Waals surface area contributed by atoms with Crippen LogP contribution in [-0.2, 0) is 17.1 Å². The molecule has 0 radical (unpaired) electrons. The Hall–Kier alpha value is -1.78. The van der Waals surface area contributed by atoms with Gasteiger partial charge < -0.3 is 4.90 Å². The Morgan fingerprint density at radius 3 is 2.08 bits per heavy atom. The van der Waals surface area contributed by atoms with E-state index in [2.05, 4.69) is 47.4 Å². The molecule has 1 saturated heterocycles. The summed E-state index contributed by atoms with van der Waals surface area (Å²) in [5, 5.41) is 0.0147. The second-order valence-corrected chi connectivity index (χ2v) is 7.85. The van der Waals surface area contributed by atoms with Crippen LogP contribution in [-0.4, -0.2) is 47.1 Å². The van der Waals surface area contributed by atoms with Crippen LogP contribution in [0.1, 0.15) is 18.1 Å². The van der Waals surface area contributed by atoms with Crippen LogP contribution >= 0.6 is 11.8 Å². The van der Waals surface area contributed by atoms with Gasteiger partial charge in [0, 0.05) is 38.5 Å². The topological polar surface area (TPSA) is 23.6 Å². The number of nitrogens with zero attached hydrogens (tertiary/aromatic N) is 2. The maximum Gasteiger partial charge on any atom is 0.235 e. The van der Waals surface area contributed by atoms with Gasteiger partial charge >= 0.3 is 0 Å². The van der Waals surface area contributed by atoms with Crippen LogP contribution in [0.5, 0.6) is 0 Å². The smallest absolute Gasteiger partial charge is 0.235 e. The highest BCUT2D eigenvalue weighted by atomic mass is 32.2. The molecule has 2 aromatic rings. The van der Waals surface area contributed by atoms with E-state index in [1.165, 1.54) is 11.1 Å². The van der Waals surface area contributed by atoms with Crippen molar-refractivity contribution in [1.82, 2.24) is 9.80 Å². The minimum Gasteiger partial charge on any atom is -0.339 e. The molecular formula is C21H26N2OS. The lowest BCUT2D eigenvalue weighted by Crippen LogP contribution is -2.50. The first kappa shape index (κ1) is 18.0. The van der Waals surface area contributed by atoms with Gasteiger partial charge in [0.2, 0.25) is 5.91 Å². The van der Waals surface area contributed by atoms with Crippen molar-refractivity contribution in [3.05, 3.63) is 71.8 Å². The number of amides is 1. The number of hydrogen-bond acceptors (Lipinski definition) is 3. The lowest BCUT2D eigenvalue weighted by molar-refractivity contribution is -0.132. The average molecular weight is 355 g/mol. The summed E-state index contributed by atoms with van der Waals surface area (Å²) in [7, 11) is 0. The van der Waals surface area contributed by atoms with Crippen LogP contribution in [0.3, 0.4) is 0 Å². The molecule has 1 aliphatic heterocycles. The Bertz CT molecular complexity index is 654. The first-order chi connectivity index (χ1) is 12.2. The Labute approximate surface area is 155 Å². The van der Waals surface area contributed by atoms with Gasteiger partial charge in [-0.2, -0.15) is 0 Å². The summed E-state index contributed by atoms with van der Waals surface area (Å²) < 4.78 is 0. The van der Waals surface area contributed by atoms with Crippen molar-refractivity contribution in [2.75, 3.05) is 26.2 Å². The van der Waals surface area contributed by atoms with Crippen molar-refractivity contribution in [3.63, 3.8) is 0 Å². The van der Waals surface area contributed by atoms with Crippen LogP contribution in [0.25, 0.3) is 0 Å². The minimum absolute atomic E-state index is 0.0147. The second-order valence-electron chi connectivity index (χ2n) is 6.53. The van der Waals surface area contributed by atoms with Crippen LogP contribution < -0.4 is 0 Å². The summed E-state index contributed by atoms with van der Waals surface area (Å²) in [5.74, 6) is 1.17. The van der Waals surface area contributed by atoms with Gasteiger partial charge in [0.25, 0.3) is 0 Å². The molecule has 1 amide bonds. The number of carbonyl (C=O) groups excluding carboxylic acids is 1. The first-order valence-corrected chi connectivity index (χ1v) is 9.98. The summed E-state index contributed by atoms with van der Waals surface area (Å²) in [5.41, 5.74) is 2.62. The minimum atomic E-state index is 0.0147. The normalized spacial score (nSPS) is 16.6. The summed E-state index contributed by atoms with van der Waals surface area (Å²) in [6.45, 7) is 6.59. The molecule has 0 aromatic heterocycles. The van der Waals surface area contributed by atoms with E-state index in [-0.39, 0.29) is 11.2 Å². The van der Waals surface area contributed by atoms with Crippen molar-refractivity contribution >= 4 is 17.7 Å². The Balaban J connectivity index is 1.43. The molecule has 0 aliphatic carbocycles. The molecule has 25 heavy (non-hydrogen) atoms. The number of carbonyl (C=O) groups is 1. The standard InChI is InChI=1S/C21H26N2OS/c1-18(25-17-20-10-6-3-7-11-20)21(24)23-14-12-22(13-15-23)16-19-8-4-2-5-9-19/h2-11,18H,12-17H2,1H3/t18-/m0/s1. The quantitative estimate of drug-likeness (QED) is 0.791. The lowest BCUT2D eigenvalue weighted by atomic mass is 10.2. The number of benzene rings is 2. The van der Waals surface area contributed by atoms with E-state index in [4.69, 9.17) is 0 Å². The van der Waals surface area contributed by atoms with Gasteiger partial charge in [-0.1, -0.05) is 60.7 Å². The molecule has 1 atom stereocenters. The van der Waals surface area contributed by atoms with Gasteiger partial charge in [0.15, 0.2) is 0 Å². The molecule has 0 unspecified atom stereocenters. The van der Waals surface area contributed by atoms with Gasteiger partial charge in [-0.3, -0.25) is 9.69 Å². The van der Waals surface area contributed by atoms with E-state index in [0.29, 0.717) is 0 Å². The van der Waals surface area contributed by atoms with Gasteiger partial charge in [0.1, 0.15) is 0 Å². The van der Waals surface area contributed by atoms with Gasteiger partial charge in [0.05, 0.1) is 5.25 Å². The molecule has 1 fully saturated rings. The van der Waals surface area contributed by atoms with Crippen molar-refractivity contribution in [3.8, 4) is 0 Å². The van der Waals surface area contributed by atoms with E-state index in [9.17, 15) is 4.79 Å². The highest BCUT2D eigenvalue weighted by Crippen LogP contribution is 2.20. The molecule has 1 aliphatic rings. The molecule has 3 rings (SSSR count). The van der Waals surface area contributed by atoms with Gasteiger partial charge in [-0.25, -0.2) is 0 Å². The fraction of sp³-hybridized carbons (Fsp3) is 0.381. The van der Waals surface area contributed by atoms with Gasteiger partial charge in [-0.05, 0) is 18.1 Å². The summed E-state index contributed by atoms with van der Waals surface area (Å²) in [4.78, 5) is 17.1. The molecule has 0 N–H and O–H groups in total. The Morgan fingerprint density at radius 2 is 1.48 bits per heavy atom. The SMILES string of the molecule is C[C@H](SCc1ccccc1)C(=O)N1CCN(Cc2ccccc2)CC1. The fourth-order valence-corrected chi connectivity index (χ4v) is 4.02. The average Bonchev–Trinajstić information content (AvgIpc) is 2.68. The number of rotatable bonds is 6. The highest BCUT2D eigenvalue weighted by Gasteiger charge is 2.25. The van der Waals surface area contributed by atoms with E-state index < -0.39 is 0 Å². The van der Waals surface area contributed by atoms with Crippen LogP contribution in [0.2, 0.25) is 0 Å². The monoisotopic (exact) mass is 354 g/mol. The second kappa shape index (κ2) is 9.07. The van der Waals surface area contributed by atoms with Crippen LogP contribution in [0.4, 0.5) is 0 Å². The lowest BCUT2D eigenvalue weighted by Gasteiger charge is -2.36. The molecule has 4 heteroatoms. The number of thioether (sulfide) groups is 1. The molecule has 0 spiro atoms. The van der Waals surface area contributed by atoms with E-state index in [1.807, 2.05) is 30.0 Å². The third-order valence-electron chi connectivity index (χ3n) is 4.62. The molecule has 132 valence electrons. The molecular weight excluding hydrogens is 328 g/mol. The predicted molar refractivity (Wildman–Crippen MR) is 105 cm³/mol. The third-order valence-corrected chi connectivity index (χ3v) is 5.83. The Kier molecular flexibility index (Phi) is 6.54. The van der Waals surface area contributed by atoms with Crippen molar-refractivity contribution in [2.24, 2.45) is 0 Å². The van der Waals surface area contributed by atoms with Gasteiger partial charge in [-0.15, -0.1) is 11.8 Å². The van der Waals surface area contributed by atoms with Crippen molar-refractivity contribution in [1.29, 1.82) is 0 Å². The molecule has 2 aromatic carbocycles. The highest BCUT2D eigenvalue weighted by molar-refractivity contribution is 7.99. The van der Waals surface area contributed by atoms with Crippen LogP contribution in [0.15, 0.2) is 60.7 Å².